The maximum Gasteiger partial charge on any atom is 0.490 e. The average molecular weight is 1270 g/mol. The van der Waals surface area contributed by atoms with Crippen LogP contribution < -0.4 is 63.7 Å². The summed E-state index contributed by atoms with van der Waals surface area (Å²) in [6.07, 6.45) is -5.08. The Balaban J connectivity index is 0.000000154. The number of alkyl halides is 3. The van der Waals surface area contributed by atoms with Crippen LogP contribution in [-0.2, 0) is 25.2 Å². The van der Waals surface area contributed by atoms with Crippen molar-refractivity contribution >= 4 is 101 Å². The molecular weight excluding hydrogens is 1210 g/mol. The Kier molecular flexibility index (Phi) is 26.4. The van der Waals surface area contributed by atoms with Crippen molar-refractivity contribution in [2.75, 3.05) is 0 Å². The monoisotopic (exact) mass is 1270 g/mol. The summed E-state index contributed by atoms with van der Waals surface area (Å²) in [7, 11) is -1.78. The van der Waals surface area contributed by atoms with Crippen LogP contribution in [0, 0.1) is 0 Å². The molecule has 0 aromatic heterocycles. The molecule has 2 nitrogen and oxygen atoms in total. The minimum Gasteiger partial charge on any atom is -0.475 e. The van der Waals surface area contributed by atoms with Gasteiger partial charge in [0.15, 0.2) is 0 Å². The largest absolute Gasteiger partial charge is 0.490 e. The average Bonchev–Trinajstić information content (AvgIpc) is 3.69. The van der Waals surface area contributed by atoms with E-state index in [1.807, 2.05) is 0 Å². The van der Waals surface area contributed by atoms with Crippen molar-refractivity contribution in [3.05, 3.63) is 364 Å². The van der Waals surface area contributed by atoms with Crippen LogP contribution >= 0.6 is 31.7 Å². The first-order valence-electron chi connectivity index (χ1n) is 26.9. The van der Waals surface area contributed by atoms with Gasteiger partial charge in [0.25, 0.3) is 0 Å². The smallest absolute Gasteiger partial charge is 0.475 e. The van der Waals surface area contributed by atoms with Gasteiger partial charge in [-0.05, 0) is 95.3 Å². The van der Waals surface area contributed by atoms with Crippen LogP contribution in [0.15, 0.2) is 364 Å². The van der Waals surface area contributed by atoms with Crippen LogP contribution in [0.2, 0.25) is 0 Å². The number of halogens is 3. The van der Waals surface area contributed by atoms with Crippen LogP contribution in [-0.4, -0.2) is 17.3 Å². The van der Waals surface area contributed by atoms with E-state index in [0.29, 0.717) is 0 Å². The summed E-state index contributed by atoms with van der Waals surface area (Å²) in [5.41, 5.74) is 0. The molecule has 10 heteroatoms. The molecule has 0 atom stereocenters. The van der Waals surface area contributed by atoms with Crippen molar-refractivity contribution < 1.29 is 43.5 Å². The van der Waals surface area contributed by atoms with Crippen molar-refractivity contribution in [2.45, 2.75) is 6.18 Å². The maximum atomic E-state index is 10.6. The third-order valence-electron chi connectivity index (χ3n) is 12.4. The second-order valence-corrected chi connectivity index (χ2v) is 27.1. The Bertz CT molecular complexity index is 2820. The zero-order valence-electron chi connectivity index (χ0n) is 45.7. The molecule has 12 rings (SSSR count). The van der Waals surface area contributed by atoms with Crippen LogP contribution in [0.1, 0.15) is 0 Å². The second kappa shape index (κ2) is 34.8. The van der Waals surface area contributed by atoms with Gasteiger partial charge < -0.3 is 5.11 Å². The Labute approximate surface area is 511 Å². The van der Waals surface area contributed by atoms with E-state index in [4.69, 9.17) is 9.90 Å². The van der Waals surface area contributed by atoms with Gasteiger partial charge in [0.1, 0.15) is 0 Å². The Morgan fingerprint density at radius 1 is 0.214 bits per heavy atom. The number of benzene rings is 12. The number of carbonyl (C=O) groups is 1. The van der Waals surface area contributed by atoms with Crippen LogP contribution in [0.3, 0.4) is 0 Å². The van der Waals surface area contributed by atoms with E-state index >= 15 is 0 Å². The molecule has 0 aliphatic heterocycles. The fourth-order valence-corrected chi connectivity index (χ4v) is 17.9. The standard InChI is InChI=1S/4C18H15P.C2HF3O2.Pd/c4*1-4-10-16(11-5-1)19(17-12-6-2-7-13-17)18-14-8-3-9-15-18;3-2(4,5)1(6)7;/h4*1-15H;(H,6,7);. The maximum absolute atomic E-state index is 10.6. The number of hydrogen-bond donors (Lipinski definition) is 1. The van der Waals surface area contributed by atoms with E-state index in [1.165, 1.54) is 63.7 Å². The first-order valence-corrected chi connectivity index (χ1v) is 32.2. The van der Waals surface area contributed by atoms with Gasteiger partial charge in [-0.25, -0.2) is 4.79 Å². The molecule has 0 aliphatic carbocycles. The number of aliphatic carboxylic acids is 1. The molecule has 0 heterocycles. The quantitative estimate of drug-likeness (QED) is 0.0978. The Morgan fingerprint density at radius 2 is 0.286 bits per heavy atom. The van der Waals surface area contributed by atoms with Crippen molar-refractivity contribution in [1.29, 1.82) is 0 Å². The molecule has 0 bridgehead atoms. The topological polar surface area (TPSA) is 37.3 Å². The molecule has 0 saturated heterocycles. The fraction of sp³-hybridized carbons (Fsp3) is 0.0135. The Hall–Kier alpha value is -7.72. The number of carboxylic acids is 1. The predicted octanol–water partition coefficient (Wildman–Crippen LogP) is 14.4. The molecule has 0 fully saturated rings. The van der Waals surface area contributed by atoms with E-state index in [0.717, 1.165) is 0 Å². The molecule has 0 saturated carbocycles. The van der Waals surface area contributed by atoms with E-state index in [9.17, 15) is 13.2 Å². The second-order valence-electron chi connectivity index (χ2n) is 18.2. The summed E-state index contributed by atoms with van der Waals surface area (Å²) in [5, 5.41) is 23.9. The molecule has 12 aromatic rings. The SMILES string of the molecule is O=C(O)C(F)(F)F.[Pd].c1ccc(P(c2ccccc2)c2ccccc2)cc1.c1ccc(P(c2ccccc2)c2ccccc2)cc1.c1ccc(P(c2ccccc2)c2ccccc2)cc1.c1ccc(P(c2ccccc2)c2ccccc2)cc1. The van der Waals surface area contributed by atoms with E-state index in [2.05, 4.69) is 364 Å². The number of carboxylic acid groups (broad SMARTS) is 1. The van der Waals surface area contributed by atoms with Gasteiger partial charge in [-0.15, -0.1) is 0 Å². The van der Waals surface area contributed by atoms with Crippen LogP contribution in [0.5, 0.6) is 0 Å². The molecule has 0 radical (unpaired) electrons. The van der Waals surface area contributed by atoms with Gasteiger partial charge in [0.05, 0.1) is 0 Å². The third-order valence-corrected chi connectivity index (χ3v) is 22.2. The minimum atomic E-state index is -5.08. The van der Waals surface area contributed by atoms with Gasteiger partial charge >= 0.3 is 12.1 Å². The zero-order valence-corrected chi connectivity index (χ0v) is 50.9. The molecule has 12 aromatic carbocycles. The summed E-state index contributed by atoms with van der Waals surface area (Å²) in [4.78, 5) is 8.90. The van der Waals surface area contributed by atoms with Gasteiger partial charge in [-0.2, -0.15) is 13.2 Å². The third kappa shape index (κ3) is 19.7. The molecule has 420 valence electrons. The zero-order chi connectivity index (χ0) is 57.7. The summed E-state index contributed by atoms with van der Waals surface area (Å²) in [5.74, 6) is -2.76. The number of hydrogen-bond acceptors (Lipinski definition) is 1. The first kappa shape index (κ1) is 63.9. The van der Waals surface area contributed by atoms with Crippen LogP contribution in [0.25, 0.3) is 0 Å². The van der Waals surface area contributed by atoms with Crippen molar-refractivity contribution in [3.8, 4) is 0 Å². The van der Waals surface area contributed by atoms with Gasteiger partial charge in [-0.3, -0.25) is 0 Å². The van der Waals surface area contributed by atoms with Crippen molar-refractivity contribution in [2.24, 2.45) is 0 Å². The van der Waals surface area contributed by atoms with E-state index in [1.54, 1.807) is 0 Å². The summed E-state index contributed by atoms with van der Waals surface area (Å²) >= 11 is 0. The molecule has 0 amide bonds. The predicted molar refractivity (Wildman–Crippen MR) is 354 cm³/mol. The molecule has 0 spiro atoms. The van der Waals surface area contributed by atoms with Crippen molar-refractivity contribution in [1.82, 2.24) is 0 Å². The number of rotatable bonds is 12. The van der Waals surface area contributed by atoms with Gasteiger partial charge in [-0.1, -0.05) is 364 Å². The fourth-order valence-electron chi connectivity index (χ4n) is 8.71. The summed E-state index contributed by atoms with van der Waals surface area (Å²) in [6, 6.07) is 129. The van der Waals surface area contributed by atoms with Crippen LogP contribution in [0.4, 0.5) is 13.2 Å². The summed E-state index contributed by atoms with van der Waals surface area (Å²) < 4.78 is 31.7. The normalized spacial score (nSPS) is 10.5. The van der Waals surface area contributed by atoms with Gasteiger partial charge in [0, 0.05) is 20.4 Å². The van der Waals surface area contributed by atoms with E-state index < -0.39 is 43.8 Å². The van der Waals surface area contributed by atoms with Crippen molar-refractivity contribution in [3.63, 3.8) is 0 Å². The summed E-state index contributed by atoms with van der Waals surface area (Å²) in [6.45, 7) is 0. The molecule has 0 unspecified atom stereocenters. The molecule has 84 heavy (non-hydrogen) atoms. The van der Waals surface area contributed by atoms with Gasteiger partial charge in [0.2, 0.25) is 0 Å². The van der Waals surface area contributed by atoms with E-state index in [-0.39, 0.29) is 20.4 Å². The molecular formula is C74H61F3O2P4Pd. The molecule has 0 aliphatic rings. The Morgan fingerprint density at radius 3 is 0.345 bits per heavy atom. The molecule has 1 N–H and O–H groups in total. The minimum absolute atomic E-state index is 0. The first-order chi connectivity index (χ1) is 40.7.